The van der Waals surface area contributed by atoms with E-state index in [0.29, 0.717) is 5.75 Å². The monoisotopic (exact) mass is 314 g/mol. The van der Waals surface area contributed by atoms with Gasteiger partial charge in [0.05, 0.1) is 5.69 Å². The predicted octanol–water partition coefficient (Wildman–Crippen LogP) is 1.79. The van der Waals surface area contributed by atoms with Gasteiger partial charge in [0.15, 0.2) is 6.61 Å². The van der Waals surface area contributed by atoms with Crippen molar-refractivity contribution in [2.24, 2.45) is 0 Å². The number of aromatic nitrogens is 4. The fourth-order valence-corrected chi connectivity index (χ4v) is 1.81. The van der Waals surface area contributed by atoms with Gasteiger partial charge >= 0.3 is 5.97 Å². The molecule has 0 fully saturated rings. The molecule has 8 heteroatoms. The smallest absolute Gasteiger partial charge is 0.349 e. The Bertz CT molecular complexity index is 791. The second kappa shape index (κ2) is 6.65. The third-order valence-corrected chi connectivity index (χ3v) is 2.83. The summed E-state index contributed by atoms with van der Waals surface area (Å²) in [6.07, 6.45) is 1.45. The maximum absolute atomic E-state index is 13.0. The van der Waals surface area contributed by atoms with Gasteiger partial charge in [-0.1, -0.05) is 6.07 Å². The molecule has 0 saturated heterocycles. The van der Waals surface area contributed by atoms with Gasteiger partial charge in [-0.05, 0) is 46.8 Å². The van der Waals surface area contributed by atoms with E-state index in [0.717, 1.165) is 5.69 Å². The fourth-order valence-electron chi connectivity index (χ4n) is 1.81. The highest BCUT2D eigenvalue weighted by molar-refractivity contribution is 5.74. The van der Waals surface area contributed by atoms with Gasteiger partial charge in [-0.25, -0.2) is 13.9 Å². The Morgan fingerprint density at radius 1 is 1.13 bits per heavy atom. The molecule has 0 amide bonds. The lowest BCUT2D eigenvalue weighted by atomic mass is 10.3. The molecule has 0 N–H and O–H groups in total. The van der Waals surface area contributed by atoms with Crippen LogP contribution in [-0.2, 0) is 4.79 Å². The molecule has 3 aromatic rings. The van der Waals surface area contributed by atoms with Crippen molar-refractivity contribution < 1.29 is 18.7 Å². The number of hydrogen-bond donors (Lipinski definition) is 0. The van der Waals surface area contributed by atoms with Crippen LogP contribution in [0.25, 0.3) is 5.69 Å². The largest absolute Gasteiger partial charge is 0.482 e. The number of esters is 1. The first kappa shape index (κ1) is 14.6. The van der Waals surface area contributed by atoms with Crippen LogP contribution in [0.2, 0.25) is 0 Å². The third kappa shape index (κ3) is 3.88. The minimum absolute atomic E-state index is 0.260. The number of hydrogen-bond acceptors (Lipinski definition) is 6. The van der Waals surface area contributed by atoms with Crippen LogP contribution in [-0.4, -0.2) is 32.8 Å². The van der Waals surface area contributed by atoms with Gasteiger partial charge in [-0.2, -0.15) is 0 Å². The maximum atomic E-state index is 13.0. The molecule has 0 atom stereocenters. The number of tetrazole rings is 1. The Labute approximate surface area is 130 Å². The van der Waals surface area contributed by atoms with Crippen LogP contribution in [0.15, 0.2) is 54.9 Å². The van der Waals surface area contributed by atoms with E-state index in [4.69, 9.17) is 9.47 Å². The lowest BCUT2D eigenvalue weighted by Crippen LogP contribution is -2.17. The van der Waals surface area contributed by atoms with E-state index in [9.17, 15) is 9.18 Å². The molecular weight excluding hydrogens is 303 g/mol. The highest BCUT2D eigenvalue weighted by Crippen LogP contribution is 2.15. The SMILES string of the molecule is O=C(COc1cccc(F)c1)Oc1ccc(-n2cnnn2)cc1. The van der Waals surface area contributed by atoms with E-state index in [1.165, 1.54) is 29.2 Å². The number of carbonyl (C=O) groups is 1. The van der Waals surface area contributed by atoms with Crippen LogP contribution < -0.4 is 9.47 Å². The second-order valence-electron chi connectivity index (χ2n) is 4.47. The zero-order valence-corrected chi connectivity index (χ0v) is 11.8. The van der Waals surface area contributed by atoms with Gasteiger partial charge < -0.3 is 9.47 Å². The van der Waals surface area contributed by atoms with E-state index in [-0.39, 0.29) is 12.4 Å². The number of benzene rings is 2. The molecule has 1 aromatic heterocycles. The van der Waals surface area contributed by atoms with Crippen molar-refractivity contribution >= 4 is 5.97 Å². The minimum Gasteiger partial charge on any atom is -0.482 e. The molecule has 116 valence electrons. The van der Waals surface area contributed by atoms with E-state index in [1.54, 1.807) is 30.3 Å². The summed E-state index contributed by atoms with van der Waals surface area (Å²) >= 11 is 0. The Hall–Kier alpha value is -3.29. The van der Waals surface area contributed by atoms with Crippen molar-refractivity contribution in [2.75, 3.05) is 6.61 Å². The zero-order chi connectivity index (χ0) is 16.1. The summed E-state index contributed by atoms with van der Waals surface area (Å²) in [5.41, 5.74) is 0.728. The topological polar surface area (TPSA) is 79.1 Å². The lowest BCUT2D eigenvalue weighted by molar-refractivity contribution is -0.136. The van der Waals surface area contributed by atoms with Crippen LogP contribution in [0.5, 0.6) is 11.5 Å². The summed E-state index contributed by atoms with van der Waals surface area (Å²) in [7, 11) is 0. The Kier molecular flexibility index (Phi) is 4.23. The maximum Gasteiger partial charge on any atom is 0.349 e. The van der Waals surface area contributed by atoms with Crippen molar-refractivity contribution in [3.05, 3.63) is 60.7 Å². The van der Waals surface area contributed by atoms with Gasteiger partial charge in [0, 0.05) is 6.07 Å². The van der Waals surface area contributed by atoms with Crippen LogP contribution in [0, 0.1) is 5.82 Å². The highest BCUT2D eigenvalue weighted by atomic mass is 19.1. The van der Waals surface area contributed by atoms with E-state index in [1.807, 2.05) is 0 Å². The average molecular weight is 314 g/mol. The molecule has 0 saturated carbocycles. The van der Waals surface area contributed by atoms with Crippen LogP contribution >= 0.6 is 0 Å². The number of halogens is 1. The van der Waals surface area contributed by atoms with E-state index >= 15 is 0 Å². The molecule has 0 aliphatic carbocycles. The van der Waals surface area contributed by atoms with Gasteiger partial charge in [-0.15, -0.1) is 5.10 Å². The van der Waals surface area contributed by atoms with Gasteiger partial charge in [-0.3, -0.25) is 0 Å². The van der Waals surface area contributed by atoms with Crippen LogP contribution in [0.1, 0.15) is 0 Å². The molecule has 0 aliphatic heterocycles. The summed E-state index contributed by atoms with van der Waals surface area (Å²) in [6.45, 7) is -0.321. The second-order valence-corrected chi connectivity index (χ2v) is 4.47. The zero-order valence-electron chi connectivity index (χ0n) is 11.8. The Morgan fingerprint density at radius 2 is 1.96 bits per heavy atom. The molecule has 2 aromatic carbocycles. The summed E-state index contributed by atoms with van der Waals surface area (Å²) in [5.74, 6) is -0.413. The van der Waals surface area contributed by atoms with Gasteiger partial charge in [0.1, 0.15) is 23.6 Å². The van der Waals surface area contributed by atoms with Gasteiger partial charge in [0.25, 0.3) is 0 Å². The molecule has 1 heterocycles. The first-order chi connectivity index (χ1) is 11.2. The van der Waals surface area contributed by atoms with E-state index in [2.05, 4.69) is 15.5 Å². The highest BCUT2D eigenvalue weighted by Gasteiger charge is 2.07. The first-order valence-corrected chi connectivity index (χ1v) is 6.63. The summed E-state index contributed by atoms with van der Waals surface area (Å²) < 4.78 is 24.7. The molecule has 0 unspecified atom stereocenters. The minimum atomic E-state index is -0.593. The molecule has 7 nitrogen and oxygen atoms in total. The molecule has 0 bridgehead atoms. The fraction of sp³-hybridized carbons (Fsp3) is 0.0667. The summed E-state index contributed by atoms with van der Waals surface area (Å²) in [5, 5.41) is 10.8. The van der Waals surface area contributed by atoms with Crippen molar-refractivity contribution in [1.29, 1.82) is 0 Å². The standard InChI is InChI=1S/C15H11FN4O3/c16-11-2-1-3-14(8-11)22-9-15(21)23-13-6-4-12(5-7-13)20-10-17-18-19-20/h1-8,10H,9H2. The normalized spacial score (nSPS) is 10.3. The molecular formula is C15H11FN4O3. The number of nitrogens with zero attached hydrogens (tertiary/aromatic N) is 4. The van der Waals surface area contributed by atoms with E-state index < -0.39 is 11.8 Å². The molecule has 0 aliphatic rings. The number of carbonyl (C=O) groups excluding carboxylic acids is 1. The Morgan fingerprint density at radius 3 is 2.65 bits per heavy atom. The third-order valence-electron chi connectivity index (χ3n) is 2.83. The number of ether oxygens (including phenoxy) is 2. The average Bonchev–Trinajstić information content (AvgIpc) is 3.08. The van der Waals surface area contributed by atoms with Crippen LogP contribution in [0.3, 0.4) is 0 Å². The summed E-state index contributed by atoms with van der Waals surface area (Å²) in [4.78, 5) is 11.7. The number of rotatable bonds is 5. The quantitative estimate of drug-likeness (QED) is 0.527. The predicted molar refractivity (Wildman–Crippen MR) is 76.7 cm³/mol. The van der Waals surface area contributed by atoms with Gasteiger partial charge in [0.2, 0.25) is 0 Å². The molecule has 0 spiro atoms. The summed E-state index contributed by atoms with van der Waals surface area (Å²) in [6, 6.07) is 12.1. The molecule has 0 radical (unpaired) electrons. The van der Waals surface area contributed by atoms with Crippen molar-refractivity contribution in [1.82, 2.24) is 20.2 Å². The van der Waals surface area contributed by atoms with Crippen LogP contribution in [0.4, 0.5) is 4.39 Å². The molecule has 3 rings (SSSR count). The van der Waals surface area contributed by atoms with Crippen molar-refractivity contribution in [3.63, 3.8) is 0 Å². The van der Waals surface area contributed by atoms with Crippen molar-refractivity contribution in [3.8, 4) is 17.2 Å². The first-order valence-electron chi connectivity index (χ1n) is 6.63. The molecule has 23 heavy (non-hydrogen) atoms. The lowest BCUT2D eigenvalue weighted by Gasteiger charge is -2.07. The Balaban J connectivity index is 1.55. The van der Waals surface area contributed by atoms with Crippen molar-refractivity contribution in [2.45, 2.75) is 0 Å².